The van der Waals surface area contributed by atoms with E-state index >= 15 is 0 Å². The van der Waals surface area contributed by atoms with Crippen molar-refractivity contribution < 1.29 is 19.4 Å². The number of aliphatic carboxylic acids is 1. The number of aryl methyl sites for hydroxylation is 1. The molecular weight excluding hydrogens is 211 g/mol. The van der Waals surface area contributed by atoms with Crippen molar-refractivity contribution in [2.45, 2.75) is 31.3 Å². The van der Waals surface area contributed by atoms with E-state index in [1.165, 1.54) is 6.07 Å². The molecule has 0 bridgehead atoms. The lowest BCUT2D eigenvalue weighted by Gasteiger charge is -2.19. The number of aliphatic hydroxyl groups is 1. The minimum absolute atomic E-state index is 0.315. The van der Waals surface area contributed by atoms with Gasteiger partial charge in [-0.15, -0.1) is 0 Å². The highest BCUT2D eigenvalue weighted by atomic mass is 19.1. The van der Waals surface area contributed by atoms with Crippen LogP contribution >= 0.6 is 0 Å². The van der Waals surface area contributed by atoms with Gasteiger partial charge >= 0.3 is 5.97 Å². The van der Waals surface area contributed by atoms with Gasteiger partial charge in [-0.05, 0) is 37.0 Å². The number of benzene rings is 1. The van der Waals surface area contributed by atoms with Crippen LogP contribution < -0.4 is 0 Å². The zero-order valence-electron chi connectivity index (χ0n) is 8.90. The molecule has 0 heterocycles. The fourth-order valence-corrected chi connectivity index (χ4v) is 2.05. The zero-order chi connectivity index (χ0) is 11.9. The van der Waals surface area contributed by atoms with Gasteiger partial charge in [0.25, 0.3) is 0 Å². The van der Waals surface area contributed by atoms with Crippen LogP contribution in [0.2, 0.25) is 0 Å². The van der Waals surface area contributed by atoms with E-state index in [1.54, 1.807) is 19.1 Å². The fourth-order valence-electron chi connectivity index (χ4n) is 2.05. The van der Waals surface area contributed by atoms with E-state index < -0.39 is 17.5 Å². The van der Waals surface area contributed by atoms with Crippen molar-refractivity contribution in [1.82, 2.24) is 0 Å². The van der Waals surface area contributed by atoms with Crippen molar-refractivity contribution in [3.8, 4) is 0 Å². The number of carbonyl (C=O) groups is 1. The average molecular weight is 224 g/mol. The molecule has 1 aliphatic rings. The standard InChI is InChI=1S/C12H13FO3/c1-7-6-8(2-3-9(7)13)12(4-5-12)10(14)11(15)16/h2-3,6,10,14H,4-5H2,1H3,(H,15,16). The summed E-state index contributed by atoms with van der Waals surface area (Å²) in [7, 11) is 0. The molecule has 3 nitrogen and oxygen atoms in total. The van der Waals surface area contributed by atoms with Crippen molar-refractivity contribution in [3.63, 3.8) is 0 Å². The zero-order valence-corrected chi connectivity index (χ0v) is 8.90. The molecule has 0 aromatic heterocycles. The Balaban J connectivity index is 2.37. The SMILES string of the molecule is Cc1cc(C2(C(O)C(=O)O)CC2)ccc1F. The van der Waals surface area contributed by atoms with Gasteiger partial charge in [-0.2, -0.15) is 0 Å². The highest BCUT2D eigenvalue weighted by Gasteiger charge is 2.53. The summed E-state index contributed by atoms with van der Waals surface area (Å²) in [6.45, 7) is 1.63. The van der Waals surface area contributed by atoms with Crippen molar-refractivity contribution in [2.24, 2.45) is 0 Å². The first-order valence-corrected chi connectivity index (χ1v) is 5.15. The van der Waals surface area contributed by atoms with Gasteiger partial charge < -0.3 is 10.2 Å². The maximum absolute atomic E-state index is 13.1. The van der Waals surface area contributed by atoms with E-state index in [2.05, 4.69) is 0 Å². The second-order valence-electron chi connectivity index (χ2n) is 4.36. The van der Waals surface area contributed by atoms with Crippen LogP contribution in [-0.2, 0) is 10.2 Å². The second-order valence-corrected chi connectivity index (χ2v) is 4.36. The summed E-state index contributed by atoms with van der Waals surface area (Å²) in [6.07, 6.45) is -0.144. The Morgan fingerprint density at radius 2 is 2.12 bits per heavy atom. The van der Waals surface area contributed by atoms with Crippen molar-refractivity contribution in [1.29, 1.82) is 0 Å². The number of hydrogen-bond donors (Lipinski definition) is 2. The van der Waals surface area contributed by atoms with Crippen LogP contribution in [0.15, 0.2) is 18.2 Å². The van der Waals surface area contributed by atoms with Crippen LogP contribution in [0.4, 0.5) is 4.39 Å². The van der Waals surface area contributed by atoms with Crippen LogP contribution in [0.3, 0.4) is 0 Å². The van der Waals surface area contributed by atoms with Gasteiger partial charge in [0.15, 0.2) is 6.10 Å². The van der Waals surface area contributed by atoms with E-state index in [-0.39, 0.29) is 5.82 Å². The second kappa shape index (κ2) is 3.56. The Hall–Kier alpha value is -1.42. The summed E-state index contributed by atoms with van der Waals surface area (Å²) in [5.41, 5.74) is 0.479. The Morgan fingerprint density at radius 1 is 1.50 bits per heavy atom. The topological polar surface area (TPSA) is 57.5 Å². The summed E-state index contributed by atoms with van der Waals surface area (Å²) in [5, 5.41) is 18.5. The largest absolute Gasteiger partial charge is 0.479 e. The number of rotatable bonds is 3. The maximum Gasteiger partial charge on any atom is 0.333 e. The first-order chi connectivity index (χ1) is 7.47. The number of halogens is 1. The van der Waals surface area contributed by atoms with Gasteiger partial charge in [0.2, 0.25) is 0 Å². The normalized spacial score (nSPS) is 19.2. The molecule has 0 saturated heterocycles. The molecule has 0 aliphatic heterocycles. The van der Waals surface area contributed by atoms with Gasteiger partial charge in [0.05, 0.1) is 0 Å². The molecule has 2 N–H and O–H groups in total. The monoisotopic (exact) mass is 224 g/mol. The Morgan fingerprint density at radius 3 is 2.56 bits per heavy atom. The molecule has 1 atom stereocenters. The molecular formula is C12H13FO3. The Bertz CT molecular complexity index is 438. The van der Waals surface area contributed by atoms with Crippen LogP contribution in [-0.4, -0.2) is 22.3 Å². The van der Waals surface area contributed by atoms with E-state index in [0.717, 1.165) is 0 Å². The molecule has 0 amide bonds. The molecule has 1 aromatic carbocycles. The summed E-state index contributed by atoms with van der Waals surface area (Å²) in [6, 6.07) is 4.50. The lowest BCUT2D eigenvalue weighted by Crippen LogP contribution is -2.33. The molecule has 1 fully saturated rings. The molecule has 1 unspecified atom stereocenters. The van der Waals surface area contributed by atoms with Crippen LogP contribution in [0.5, 0.6) is 0 Å². The quantitative estimate of drug-likeness (QED) is 0.820. The van der Waals surface area contributed by atoms with Crippen molar-refractivity contribution in [2.75, 3.05) is 0 Å². The summed E-state index contributed by atoms with van der Waals surface area (Å²) < 4.78 is 13.1. The van der Waals surface area contributed by atoms with E-state index in [9.17, 15) is 14.3 Å². The van der Waals surface area contributed by atoms with E-state index in [4.69, 9.17) is 5.11 Å². The van der Waals surface area contributed by atoms with Gasteiger partial charge in [-0.25, -0.2) is 9.18 Å². The van der Waals surface area contributed by atoms with Crippen LogP contribution in [0.25, 0.3) is 0 Å². The first-order valence-electron chi connectivity index (χ1n) is 5.15. The van der Waals surface area contributed by atoms with Crippen molar-refractivity contribution in [3.05, 3.63) is 35.1 Å². The highest BCUT2D eigenvalue weighted by molar-refractivity contribution is 5.75. The minimum atomic E-state index is -1.41. The molecule has 2 rings (SSSR count). The third kappa shape index (κ3) is 1.59. The molecule has 0 spiro atoms. The molecule has 86 valence electrons. The van der Waals surface area contributed by atoms with Crippen molar-refractivity contribution >= 4 is 5.97 Å². The molecule has 1 aromatic rings. The van der Waals surface area contributed by atoms with E-state index in [0.29, 0.717) is 24.0 Å². The highest BCUT2D eigenvalue weighted by Crippen LogP contribution is 2.51. The van der Waals surface area contributed by atoms with Crippen LogP contribution in [0, 0.1) is 12.7 Å². The average Bonchev–Trinajstić information content (AvgIpc) is 3.02. The van der Waals surface area contributed by atoms with Gasteiger partial charge in [-0.3, -0.25) is 0 Å². The minimum Gasteiger partial charge on any atom is -0.479 e. The predicted octanol–water partition coefficient (Wildman–Crippen LogP) is 1.61. The predicted molar refractivity (Wildman–Crippen MR) is 55.7 cm³/mol. The molecule has 4 heteroatoms. The molecule has 16 heavy (non-hydrogen) atoms. The molecule has 0 radical (unpaired) electrons. The number of aliphatic hydroxyl groups excluding tert-OH is 1. The number of hydrogen-bond acceptors (Lipinski definition) is 2. The van der Waals surface area contributed by atoms with Gasteiger partial charge in [-0.1, -0.05) is 12.1 Å². The van der Waals surface area contributed by atoms with Crippen LogP contribution in [0.1, 0.15) is 24.0 Å². The Labute approximate surface area is 92.5 Å². The van der Waals surface area contributed by atoms with E-state index in [1.807, 2.05) is 0 Å². The third-order valence-corrected chi connectivity index (χ3v) is 3.28. The number of carboxylic acid groups (broad SMARTS) is 1. The summed E-state index contributed by atoms with van der Waals surface area (Å²) in [5.74, 6) is -1.54. The fraction of sp³-hybridized carbons (Fsp3) is 0.417. The first kappa shape index (κ1) is 11.1. The maximum atomic E-state index is 13.1. The Kier molecular flexibility index (Phi) is 2.46. The molecule has 1 saturated carbocycles. The summed E-state index contributed by atoms with van der Waals surface area (Å²) >= 11 is 0. The third-order valence-electron chi connectivity index (χ3n) is 3.28. The van der Waals surface area contributed by atoms with Gasteiger partial charge in [0.1, 0.15) is 5.82 Å². The van der Waals surface area contributed by atoms with Gasteiger partial charge in [0, 0.05) is 5.41 Å². The summed E-state index contributed by atoms with van der Waals surface area (Å²) in [4.78, 5) is 10.8. The lowest BCUT2D eigenvalue weighted by molar-refractivity contribution is -0.148. The lowest BCUT2D eigenvalue weighted by atomic mass is 9.89. The number of carboxylic acids is 1. The smallest absolute Gasteiger partial charge is 0.333 e. The molecule has 1 aliphatic carbocycles.